The summed E-state index contributed by atoms with van der Waals surface area (Å²) in [7, 11) is 0. The molecule has 6 heteroatoms. The van der Waals surface area contributed by atoms with Gasteiger partial charge in [0.25, 0.3) is 5.91 Å². The van der Waals surface area contributed by atoms with Gasteiger partial charge in [-0.15, -0.1) is 0 Å². The van der Waals surface area contributed by atoms with Crippen molar-refractivity contribution >= 4 is 5.91 Å². The van der Waals surface area contributed by atoms with Gasteiger partial charge in [0, 0.05) is 35.6 Å². The highest BCUT2D eigenvalue weighted by molar-refractivity contribution is 6.03. The lowest BCUT2D eigenvalue weighted by Gasteiger charge is -2.15. The minimum Gasteiger partial charge on any atom is -0.481 e. The molecule has 0 spiro atoms. The predicted molar refractivity (Wildman–Crippen MR) is 122 cm³/mol. The van der Waals surface area contributed by atoms with E-state index >= 15 is 0 Å². The van der Waals surface area contributed by atoms with Crippen LogP contribution in [0.1, 0.15) is 16.1 Å². The van der Waals surface area contributed by atoms with E-state index in [1.807, 2.05) is 66.7 Å². The number of carbonyl (C=O) groups excluding carboxylic acids is 1. The number of carbonyl (C=O) groups is 1. The molecule has 0 fully saturated rings. The van der Waals surface area contributed by atoms with Gasteiger partial charge in [-0.3, -0.25) is 14.5 Å². The van der Waals surface area contributed by atoms with Gasteiger partial charge in [0.15, 0.2) is 0 Å². The number of hydrogen-bond donors (Lipinski definition) is 1. The minimum atomic E-state index is -0.115. The van der Waals surface area contributed by atoms with E-state index in [1.54, 1.807) is 17.1 Å². The Hall–Kier alpha value is -4.37. The molecule has 0 unspecified atom stereocenters. The van der Waals surface area contributed by atoms with Crippen LogP contribution in [-0.4, -0.2) is 33.8 Å². The molecule has 1 amide bonds. The smallest absolute Gasteiger partial charge is 0.270 e. The summed E-state index contributed by atoms with van der Waals surface area (Å²) in [5.41, 5.74) is 4.93. The number of nitrogens with zero attached hydrogens (tertiary/aromatic N) is 3. The largest absolute Gasteiger partial charge is 0.481 e. The molecular weight excluding hydrogens is 400 g/mol. The van der Waals surface area contributed by atoms with E-state index in [4.69, 9.17) is 9.84 Å². The Bertz CT molecular complexity index is 1300. The van der Waals surface area contributed by atoms with E-state index in [-0.39, 0.29) is 5.91 Å². The molecular formula is C26H20N4O2. The quantitative estimate of drug-likeness (QED) is 0.510. The normalized spacial score (nSPS) is 12.3. The van der Waals surface area contributed by atoms with Gasteiger partial charge in [-0.1, -0.05) is 42.2 Å². The summed E-state index contributed by atoms with van der Waals surface area (Å²) in [6, 6.07) is 21.3. The van der Waals surface area contributed by atoms with Crippen molar-refractivity contribution in [2.75, 3.05) is 13.2 Å². The van der Waals surface area contributed by atoms with Crippen LogP contribution in [0.3, 0.4) is 0 Å². The van der Waals surface area contributed by atoms with Gasteiger partial charge >= 0.3 is 0 Å². The van der Waals surface area contributed by atoms with E-state index < -0.39 is 0 Å². The summed E-state index contributed by atoms with van der Waals surface area (Å²) in [5.74, 6) is 6.70. The van der Waals surface area contributed by atoms with Crippen molar-refractivity contribution in [2.45, 2.75) is 6.54 Å². The van der Waals surface area contributed by atoms with Crippen molar-refractivity contribution in [3.8, 4) is 40.0 Å². The zero-order valence-electron chi connectivity index (χ0n) is 17.3. The second kappa shape index (κ2) is 8.78. The Kier molecular flexibility index (Phi) is 5.38. The SMILES string of the molecule is O=C1NCCn2nc(-c3ccncc3)c(-c3ccc(OCC#Cc4ccccc4)cc3)c21. The molecule has 2 aromatic carbocycles. The molecule has 1 aliphatic rings. The van der Waals surface area contributed by atoms with E-state index in [0.29, 0.717) is 31.1 Å². The van der Waals surface area contributed by atoms with Crippen LogP contribution in [0.5, 0.6) is 5.75 Å². The van der Waals surface area contributed by atoms with Crippen molar-refractivity contribution in [1.82, 2.24) is 20.1 Å². The lowest BCUT2D eigenvalue weighted by Crippen LogP contribution is -2.35. The van der Waals surface area contributed by atoms with Crippen molar-refractivity contribution in [3.05, 3.63) is 90.4 Å². The Morgan fingerprint density at radius 1 is 0.969 bits per heavy atom. The topological polar surface area (TPSA) is 69.0 Å². The van der Waals surface area contributed by atoms with Crippen LogP contribution in [0, 0.1) is 11.8 Å². The second-order valence-electron chi connectivity index (χ2n) is 7.27. The molecule has 0 aliphatic carbocycles. The highest BCUT2D eigenvalue weighted by atomic mass is 16.5. The summed E-state index contributed by atoms with van der Waals surface area (Å²) in [5, 5.41) is 7.66. The van der Waals surface area contributed by atoms with Crippen molar-refractivity contribution in [2.24, 2.45) is 0 Å². The Morgan fingerprint density at radius 2 is 1.75 bits per heavy atom. The van der Waals surface area contributed by atoms with Crippen LogP contribution in [0.2, 0.25) is 0 Å². The number of pyridine rings is 1. The van der Waals surface area contributed by atoms with Crippen LogP contribution < -0.4 is 10.1 Å². The first-order valence-corrected chi connectivity index (χ1v) is 10.4. The number of rotatable bonds is 4. The highest BCUT2D eigenvalue weighted by Gasteiger charge is 2.27. The third-order valence-electron chi connectivity index (χ3n) is 5.19. The van der Waals surface area contributed by atoms with Gasteiger partial charge in [-0.2, -0.15) is 5.10 Å². The number of fused-ring (bicyclic) bond motifs is 1. The molecule has 0 bridgehead atoms. The van der Waals surface area contributed by atoms with Gasteiger partial charge in [0.05, 0.1) is 6.54 Å². The summed E-state index contributed by atoms with van der Waals surface area (Å²) in [6.07, 6.45) is 3.45. The number of amides is 1. The molecule has 0 saturated heterocycles. The fraction of sp³-hybridized carbons (Fsp3) is 0.115. The average Bonchev–Trinajstić information content (AvgIpc) is 3.25. The highest BCUT2D eigenvalue weighted by Crippen LogP contribution is 2.36. The number of nitrogens with one attached hydrogen (secondary N) is 1. The number of hydrogen-bond acceptors (Lipinski definition) is 4. The maximum atomic E-state index is 12.7. The number of ether oxygens (including phenoxy) is 1. The Labute approximate surface area is 185 Å². The molecule has 4 aromatic rings. The average molecular weight is 420 g/mol. The standard InChI is InChI=1S/C26H20N4O2/c31-26-25-23(24(21-12-14-27-15-13-21)29-30(25)17-16-28-26)20-8-10-22(11-9-20)32-18-4-7-19-5-2-1-3-6-19/h1-3,5-6,8-15H,16-18H2,(H,28,31). The van der Waals surface area contributed by atoms with E-state index in [1.165, 1.54) is 0 Å². The van der Waals surface area contributed by atoms with Gasteiger partial charge in [-0.05, 0) is 42.0 Å². The lowest BCUT2D eigenvalue weighted by molar-refractivity contribution is 0.0925. The molecule has 5 rings (SSSR count). The summed E-state index contributed by atoms with van der Waals surface area (Å²) < 4.78 is 7.55. The van der Waals surface area contributed by atoms with E-state index in [0.717, 1.165) is 27.9 Å². The fourth-order valence-electron chi connectivity index (χ4n) is 3.70. The molecule has 0 saturated carbocycles. The molecule has 3 heterocycles. The van der Waals surface area contributed by atoms with Gasteiger partial charge in [0.1, 0.15) is 23.7 Å². The van der Waals surface area contributed by atoms with E-state index in [9.17, 15) is 4.79 Å². The van der Waals surface area contributed by atoms with E-state index in [2.05, 4.69) is 22.1 Å². The van der Waals surface area contributed by atoms with Crippen LogP contribution in [0.25, 0.3) is 22.4 Å². The maximum Gasteiger partial charge on any atom is 0.270 e. The zero-order valence-corrected chi connectivity index (χ0v) is 17.3. The molecule has 156 valence electrons. The number of benzene rings is 2. The molecule has 0 radical (unpaired) electrons. The Morgan fingerprint density at radius 3 is 2.53 bits per heavy atom. The monoisotopic (exact) mass is 420 g/mol. The van der Waals surface area contributed by atoms with Gasteiger partial charge in [-0.25, -0.2) is 0 Å². The first kappa shape index (κ1) is 19.6. The molecule has 32 heavy (non-hydrogen) atoms. The number of aromatic nitrogens is 3. The molecule has 0 atom stereocenters. The Balaban J connectivity index is 1.42. The zero-order chi connectivity index (χ0) is 21.8. The first-order chi connectivity index (χ1) is 15.8. The summed E-state index contributed by atoms with van der Waals surface area (Å²) >= 11 is 0. The van der Waals surface area contributed by atoms with Crippen molar-refractivity contribution < 1.29 is 9.53 Å². The van der Waals surface area contributed by atoms with Crippen LogP contribution in [-0.2, 0) is 6.54 Å². The fourth-order valence-corrected chi connectivity index (χ4v) is 3.70. The molecule has 6 nitrogen and oxygen atoms in total. The third-order valence-corrected chi connectivity index (χ3v) is 5.19. The van der Waals surface area contributed by atoms with Gasteiger partial charge < -0.3 is 10.1 Å². The van der Waals surface area contributed by atoms with Crippen LogP contribution in [0.15, 0.2) is 79.1 Å². The van der Waals surface area contributed by atoms with Crippen LogP contribution in [0.4, 0.5) is 0 Å². The molecule has 1 N–H and O–H groups in total. The molecule has 2 aromatic heterocycles. The first-order valence-electron chi connectivity index (χ1n) is 10.4. The minimum absolute atomic E-state index is 0.115. The maximum absolute atomic E-state index is 12.7. The van der Waals surface area contributed by atoms with Crippen molar-refractivity contribution in [1.29, 1.82) is 0 Å². The summed E-state index contributed by atoms with van der Waals surface area (Å²) in [4.78, 5) is 16.8. The van der Waals surface area contributed by atoms with Crippen LogP contribution >= 0.6 is 0 Å². The van der Waals surface area contributed by atoms with Crippen molar-refractivity contribution in [3.63, 3.8) is 0 Å². The second-order valence-corrected chi connectivity index (χ2v) is 7.27. The third kappa shape index (κ3) is 3.96. The van der Waals surface area contributed by atoms with Gasteiger partial charge in [0.2, 0.25) is 0 Å². The lowest BCUT2D eigenvalue weighted by atomic mass is 9.98. The summed E-state index contributed by atoms with van der Waals surface area (Å²) in [6.45, 7) is 1.50. The molecule has 1 aliphatic heterocycles. The predicted octanol–water partition coefficient (Wildman–Crippen LogP) is 3.79.